The number of nitrogens with one attached hydrogen (secondary N) is 1. The predicted molar refractivity (Wildman–Crippen MR) is 88.2 cm³/mol. The van der Waals surface area contributed by atoms with E-state index in [0.29, 0.717) is 0 Å². The molecular formula is C19H20FNO3. The Morgan fingerprint density at radius 2 is 2.12 bits per heavy atom. The third-order valence-electron chi connectivity index (χ3n) is 3.79. The van der Waals surface area contributed by atoms with Gasteiger partial charge in [0.1, 0.15) is 14.3 Å². The van der Waals surface area contributed by atoms with Gasteiger partial charge in [0.05, 0.1) is 14.8 Å². The second-order valence-corrected chi connectivity index (χ2v) is 5.32. The Labute approximate surface area is 154 Å². The highest BCUT2D eigenvalue weighted by molar-refractivity contribution is 5.46. The second-order valence-electron chi connectivity index (χ2n) is 5.32. The monoisotopic (exact) mass is 339 g/mol. The Balaban J connectivity index is 1.71. The first kappa shape index (κ1) is 7.74. The lowest BCUT2D eigenvalue weighted by atomic mass is 9.81. The molecule has 5 heteroatoms. The van der Waals surface area contributed by atoms with Gasteiger partial charge in [-0.15, -0.1) is 0 Å². The zero-order valence-electron chi connectivity index (χ0n) is 22.4. The molecule has 0 amide bonds. The number of benzene rings is 2. The maximum Gasteiger partial charge on any atom is 0.231 e. The van der Waals surface area contributed by atoms with E-state index < -0.39 is 68.0 Å². The van der Waals surface area contributed by atoms with E-state index in [4.69, 9.17) is 27.9 Å². The van der Waals surface area contributed by atoms with Crippen LogP contribution in [0, 0.1) is 11.7 Å². The molecule has 2 heterocycles. The summed E-state index contributed by atoms with van der Waals surface area (Å²) in [7, 11) is 0. The summed E-state index contributed by atoms with van der Waals surface area (Å²) in [5, 5.41) is 2.56. The Morgan fingerprint density at radius 3 is 3.00 bits per heavy atom. The van der Waals surface area contributed by atoms with Crippen LogP contribution in [0.3, 0.4) is 0 Å². The van der Waals surface area contributed by atoms with Gasteiger partial charge in [0.25, 0.3) is 0 Å². The van der Waals surface area contributed by atoms with E-state index >= 15 is 0 Å². The minimum Gasteiger partial charge on any atom is -0.493 e. The van der Waals surface area contributed by atoms with Gasteiger partial charge in [-0.1, -0.05) is 12.1 Å². The second kappa shape index (κ2) is 6.69. The predicted octanol–water partition coefficient (Wildman–Crippen LogP) is 3.33. The largest absolute Gasteiger partial charge is 0.493 e. The van der Waals surface area contributed by atoms with Crippen molar-refractivity contribution in [2.24, 2.45) is 5.92 Å². The van der Waals surface area contributed by atoms with Crippen molar-refractivity contribution in [3.05, 3.63) is 53.7 Å². The van der Waals surface area contributed by atoms with Gasteiger partial charge in [0.15, 0.2) is 11.5 Å². The van der Waals surface area contributed by atoms with Gasteiger partial charge in [-0.25, -0.2) is 4.39 Å². The zero-order chi connectivity index (χ0) is 25.2. The summed E-state index contributed by atoms with van der Waals surface area (Å²) in [6.45, 7) is -7.21. The highest BCUT2D eigenvalue weighted by Gasteiger charge is 2.27. The van der Waals surface area contributed by atoms with Crippen molar-refractivity contribution in [2.75, 3.05) is 26.3 Å². The SMILES string of the molecule is [2H]c1c([2H])c(C2CC([2H])([2H])NC[C@H]2C([2H])([2H])Oc2ccc3c(c2)OC([2H])([2H])O3)c([2H])c([2H])c1F. The Hall–Kier alpha value is -2.27. The van der Waals surface area contributed by atoms with Crippen LogP contribution in [0.2, 0.25) is 0 Å². The van der Waals surface area contributed by atoms with E-state index in [1.807, 2.05) is 0 Å². The molecule has 0 bridgehead atoms. The summed E-state index contributed by atoms with van der Waals surface area (Å²) < 4.78 is 110. The van der Waals surface area contributed by atoms with Crippen molar-refractivity contribution in [3.8, 4) is 17.2 Å². The van der Waals surface area contributed by atoms with Crippen LogP contribution in [0.4, 0.5) is 4.39 Å². The van der Waals surface area contributed by atoms with Crippen LogP contribution >= 0.6 is 0 Å². The van der Waals surface area contributed by atoms with Crippen LogP contribution in [-0.2, 0) is 0 Å². The quantitative estimate of drug-likeness (QED) is 0.927. The number of rotatable bonds is 4. The van der Waals surface area contributed by atoms with Crippen molar-refractivity contribution in [2.45, 2.75) is 12.3 Å². The molecule has 0 spiro atoms. The zero-order valence-corrected chi connectivity index (χ0v) is 12.4. The topological polar surface area (TPSA) is 39.7 Å². The average Bonchev–Trinajstić information content (AvgIpc) is 3.03. The number of halogens is 1. The molecule has 0 saturated carbocycles. The fourth-order valence-electron chi connectivity index (χ4n) is 2.54. The maximum absolute atomic E-state index is 14.1. The molecule has 2 aromatic rings. The smallest absolute Gasteiger partial charge is 0.231 e. The van der Waals surface area contributed by atoms with Gasteiger partial charge in [-0.05, 0) is 48.6 Å². The van der Waals surface area contributed by atoms with Gasteiger partial charge >= 0.3 is 0 Å². The van der Waals surface area contributed by atoms with Crippen LogP contribution in [0.5, 0.6) is 17.2 Å². The minimum absolute atomic E-state index is 0.00827. The standard InChI is InChI=1S/C19H20FNO3/c20-15-3-1-13(2-4-15)17-7-8-21-10-14(17)11-22-16-5-6-18-19(9-16)24-12-23-18/h1-6,9,14,17,21H,7-8,10-12H2/t14-,17?/m0/s1/i1D,2D,3D,4D,8D2,11D2,12D2. The summed E-state index contributed by atoms with van der Waals surface area (Å²) in [6.07, 6.45) is -0.413. The first-order valence-electron chi connectivity index (χ1n) is 12.3. The van der Waals surface area contributed by atoms with Crippen molar-refractivity contribution in [1.29, 1.82) is 0 Å². The van der Waals surface area contributed by atoms with Crippen molar-refractivity contribution in [1.82, 2.24) is 5.32 Å². The van der Waals surface area contributed by atoms with Gasteiger partial charge in [0, 0.05) is 21.3 Å². The van der Waals surface area contributed by atoms with Crippen LogP contribution in [-0.4, -0.2) is 26.3 Å². The van der Waals surface area contributed by atoms with Crippen LogP contribution < -0.4 is 19.5 Å². The van der Waals surface area contributed by atoms with Crippen molar-refractivity contribution in [3.63, 3.8) is 0 Å². The molecule has 2 atom stereocenters. The van der Waals surface area contributed by atoms with E-state index in [2.05, 4.69) is 5.32 Å². The molecule has 4 rings (SSSR count). The number of piperidine rings is 1. The molecule has 0 radical (unpaired) electrons. The van der Waals surface area contributed by atoms with Crippen LogP contribution in [0.15, 0.2) is 42.4 Å². The molecular weight excluding hydrogens is 309 g/mol. The fourth-order valence-corrected chi connectivity index (χ4v) is 2.54. The van der Waals surface area contributed by atoms with Crippen molar-refractivity contribution < 1.29 is 32.3 Å². The molecule has 1 saturated heterocycles. The third-order valence-corrected chi connectivity index (χ3v) is 3.79. The van der Waals surface area contributed by atoms with E-state index in [1.165, 1.54) is 18.2 Å². The van der Waals surface area contributed by atoms with Crippen molar-refractivity contribution >= 4 is 0 Å². The molecule has 0 aliphatic carbocycles. The van der Waals surface area contributed by atoms with Gasteiger partial charge in [-0.2, -0.15) is 0 Å². The molecule has 2 aliphatic rings. The van der Waals surface area contributed by atoms with Gasteiger partial charge in [-0.3, -0.25) is 0 Å². The highest BCUT2D eigenvalue weighted by atomic mass is 19.1. The first-order valence-corrected chi connectivity index (χ1v) is 7.34. The van der Waals surface area contributed by atoms with Gasteiger partial charge in [0.2, 0.25) is 6.75 Å². The Morgan fingerprint density at radius 1 is 1.29 bits per heavy atom. The van der Waals surface area contributed by atoms with E-state index in [-0.39, 0.29) is 29.4 Å². The maximum atomic E-state index is 14.1. The first-order chi connectivity index (χ1) is 15.6. The normalized spacial score (nSPS) is 33.2. The Bertz CT molecular complexity index is 1120. The molecule has 4 nitrogen and oxygen atoms in total. The van der Waals surface area contributed by atoms with E-state index in [9.17, 15) is 4.39 Å². The van der Waals surface area contributed by atoms with E-state index in [0.717, 1.165) is 0 Å². The lowest BCUT2D eigenvalue weighted by Crippen LogP contribution is -2.38. The number of fused-ring (bicyclic) bond motifs is 1. The summed E-state index contributed by atoms with van der Waals surface area (Å²) in [5.41, 5.74) is -0.293. The molecule has 126 valence electrons. The number of hydrogen-bond acceptors (Lipinski definition) is 4. The lowest BCUT2D eigenvalue weighted by molar-refractivity contribution is 0.173. The highest BCUT2D eigenvalue weighted by Crippen LogP contribution is 2.36. The minimum atomic E-state index is -2.53. The fraction of sp³-hybridized carbons (Fsp3) is 0.368. The molecule has 1 unspecified atom stereocenters. The summed E-state index contributed by atoms with van der Waals surface area (Å²) in [5.74, 6) is -3.69. The molecule has 2 aliphatic heterocycles. The average molecular weight is 339 g/mol. The summed E-state index contributed by atoms with van der Waals surface area (Å²) in [4.78, 5) is 0. The molecule has 1 fully saturated rings. The molecule has 0 aromatic heterocycles. The lowest BCUT2D eigenvalue weighted by Gasteiger charge is -2.32. The summed E-state index contributed by atoms with van der Waals surface area (Å²) >= 11 is 0. The third kappa shape index (κ3) is 3.17. The Kier molecular flexibility index (Phi) is 2.16. The van der Waals surface area contributed by atoms with Crippen LogP contribution in [0.25, 0.3) is 0 Å². The van der Waals surface area contributed by atoms with Crippen LogP contribution in [0.1, 0.15) is 31.6 Å². The van der Waals surface area contributed by atoms with Gasteiger partial charge < -0.3 is 19.5 Å². The molecule has 1 N–H and O–H groups in total. The number of hydrogen-bond donors (Lipinski definition) is 1. The number of ether oxygens (including phenoxy) is 3. The summed E-state index contributed by atoms with van der Waals surface area (Å²) in [6, 6.07) is 0.666. The molecule has 2 aromatic carbocycles. The van der Waals surface area contributed by atoms with E-state index in [1.54, 1.807) is 0 Å². The molecule has 24 heavy (non-hydrogen) atoms.